The Morgan fingerprint density at radius 2 is 1.74 bits per heavy atom. The largest absolute Gasteiger partial charge is 0.334 e. The maximum atomic E-state index is 13.9. The molecule has 38 heavy (non-hydrogen) atoms. The van der Waals surface area contributed by atoms with Gasteiger partial charge in [-0.3, -0.25) is 29.3 Å². The first-order chi connectivity index (χ1) is 18.5. The number of H-pyrrole nitrogens is 1. The number of carbonyl (C=O) groups is 2. The van der Waals surface area contributed by atoms with Gasteiger partial charge in [0.1, 0.15) is 5.54 Å². The zero-order valence-corrected chi connectivity index (χ0v) is 20.4. The number of amides is 2. The number of benzene rings is 2. The van der Waals surface area contributed by atoms with Crippen LogP contribution in [0.25, 0.3) is 10.8 Å². The minimum absolute atomic E-state index is 0.247. The van der Waals surface area contributed by atoms with Gasteiger partial charge in [-0.1, -0.05) is 36.4 Å². The summed E-state index contributed by atoms with van der Waals surface area (Å²) in [5, 5.41) is 11.1. The van der Waals surface area contributed by atoms with E-state index < -0.39 is 11.4 Å². The van der Waals surface area contributed by atoms with Crippen LogP contribution in [0.5, 0.6) is 0 Å². The summed E-state index contributed by atoms with van der Waals surface area (Å²) in [4.78, 5) is 49.1. The highest BCUT2D eigenvalue weighted by Crippen LogP contribution is 2.44. The van der Waals surface area contributed by atoms with E-state index in [0.29, 0.717) is 40.0 Å². The third-order valence-corrected chi connectivity index (χ3v) is 6.79. The zero-order valence-electron chi connectivity index (χ0n) is 20.4. The van der Waals surface area contributed by atoms with Gasteiger partial charge in [-0.2, -0.15) is 5.10 Å². The Hall–Kier alpha value is -5.18. The summed E-state index contributed by atoms with van der Waals surface area (Å²) in [6.07, 6.45) is 6.77. The van der Waals surface area contributed by atoms with Crippen LogP contribution in [0.2, 0.25) is 0 Å². The number of nitrogens with one attached hydrogen (secondary N) is 2. The molecule has 0 fully saturated rings. The van der Waals surface area contributed by atoms with Gasteiger partial charge in [0, 0.05) is 36.0 Å². The minimum Gasteiger partial charge on any atom is -0.334 e. The van der Waals surface area contributed by atoms with E-state index in [0.717, 1.165) is 10.9 Å². The molecule has 1 atom stereocenters. The van der Waals surface area contributed by atoms with E-state index in [4.69, 9.17) is 0 Å². The smallest absolute Gasteiger partial charge is 0.272 e. The lowest BCUT2D eigenvalue weighted by atomic mass is 9.93. The Morgan fingerprint density at radius 3 is 2.55 bits per heavy atom. The van der Waals surface area contributed by atoms with E-state index in [-0.39, 0.29) is 11.5 Å². The summed E-state index contributed by atoms with van der Waals surface area (Å²) < 4.78 is 0. The third kappa shape index (κ3) is 3.81. The van der Waals surface area contributed by atoms with Crippen molar-refractivity contribution in [3.05, 3.63) is 124 Å². The summed E-state index contributed by atoms with van der Waals surface area (Å²) in [5.74, 6) is -0.698. The number of fused-ring (bicyclic) bond motifs is 2. The van der Waals surface area contributed by atoms with Crippen LogP contribution in [-0.2, 0) is 16.8 Å². The molecule has 2 N–H and O–H groups in total. The molecule has 2 aromatic carbocycles. The van der Waals surface area contributed by atoms with Crippen LogP contribution in [0.15, 0.2) is 96.3 Å². The van der Waals surface area contributed by atoms with Gasteiger partial charge in [0.2, 0.25) is 0 Å². The molecule has 6 rings (SSSR count). The fourth-order valence-corrected chi connectivity index (χ4v) is 4.91. The van der Waals surface area contributed by atoms with Crippen molar-refractivity contribution in [2.24, 2.45) is 0 Å². The highest BCUT2D eigenvalue weighted by molar-refractivity contribution is 6.14. The van der Waals surface area contributed by atoms with E-state index in [1.54, 1.807) is 48.6 Å². The summed E-state index contributed by atoms with van der Waals surface area (Å²) in [7, 11) is 0. The molecule has 1 aliphatic heterocycles. The number of pyridine rings is 2. The lowest BCUT2D eigenvalue weighted by Gasteiger charge is -2.26. The fourth-order valence-electron chi connectivity index (χ4n) is 4.91. The first-order valence-electron chi connectivity index (χ1n) is 12.0. The average molecular weight is 503 g/mol. The molecule has 0 saturated carbocycles. The van der Waals surface area contributed by atoms with Gasteiger partial charge >= 0.3 is 0 Å². The SMILES string of the molecule is CC1(NC(=O)c2cccnc2)C(=O)N(c2cncc(Cc3n[nH]c(=O)c4ccccc34)c2)c2ccccc21. The van der Waals surface area contributed by atoms with Crippen LogP contribution in [0, 0.1) is 0 Å². The highest BCUT2D eigenvalue weighted by atomic mass is 16.2. The molecule has 9 nitrogen and oxygen atoms in total. The van der Waals surface area contributed by atoms with Crippen LogP contribution in [0.1, 0.15) is 34.1 Å². The van der Waals surface area contributed by atoms with Crippen molar-refractivity contribution in [1.82, 2.24) is 25.5 Å². The summed E-state index contributed by atoms with van der Waals surface area (Å²) in [5.41, 5.74) is 2.24. The maximum Gasteiger partial charge on any atom is 0.272 e. The van der Waals surface area contributed by atoms with E-state index >= 15 is 0 Å². The van der Waals surface area contributed by atoms with Crippen LogP contribution < -0.4 is 15.8 Å². The van der Waals surface area contributed by atoms with Crippen molar-refractivity contribution in [3.8, 4) is 0 Å². The molecule has 0 radical (unpaired) electrons. The van der Waals surface area contributed by atoms with E-state index in [1.165, 1.54) is 6.20 Å². The number of hydrogen-bond acceptors (Lipinski definition) is 6. The van der Waals surface area contributed by atoms with Crippen LogP contribution in [-0.4, -0.2) is 32.0 Å². The van der Waals surface area contributed by atoms with Crippen LogP contribution >= 0.6 is 0 Å². The Bertz CT molecular complexity index is 1770. The van der Waals surface area contributed by atoms with Gasteiger partial charge in [-0.15, -0.1) is 0 Å². The van der Waals surface area contributed by atoms with E-state index in [9.17, 15) is 14.4 Å². The lowest BCUT2D eigenvalue weighted by Crippen LogP contribution is -2.50. The highest BCUT2D eigenvalue weighted by Gasteiger charge is 2.49. The molecule has 1 unspecified atom stereocenters. The van der Waals surface area contributed by atoms with E-state index in [2.05, 4.69) is 25.5 Å². The molecule has 186 valence electrons. The predicted molar refractivity (Wildman–Crippen MR) is 142 cm³/mol. The number of aromatic amines is 1. The molecule has 0 saturated heterocycles. The molecule has 2 amide bonds. The Balaban J connectivity index is 1.36. The molecule has 9 heteroatoms. The first kappa shape index (κ1) is 23.2. The number of para-hydroxylation sites is 1. The van der Waals surface area contributed by atoms with Crippen molar-refractivity contribution in [2.45, 2.75) is 18.9 Å². The summed E-state index contributed by atoms with van der Waals surface area (Å²) >= 11 is 0. The second-order valence-corrected chi connectivity index (χ2v) is 9.25. The van der Waals surface area contributed by atoms with Crippen molar-refractivity contribution >= 4 is 34.0 Å². The molecule has 3 aromatic heterocycles. The number of aromatic nitrogens is 4. The molecule has 0 bridgehead atoms. The monoisotopic (exact) mass is 502 g/mol. The van der Waals surface area contributed by atoms with Crippen molar-refractivity contribution < 1.29 is 9.59 Å². The number of carbonyl (C=O) groups excluding carboxylic acids is 2. The second-order valence-electron chi connectivity index (χ2n) is 9.25. The number of anilines is 2. The lowest BCUT2D eigenvalue weighted by molar-refractivity contribution is -0.122. The average Bonchev–Trinajstić information content (AvgIpc) is 3.17. The first-order valence-corrected chi connectivity index (χ1v) is 12.0. The fraction of sp³-hybridized carbons (Fsp3) is 0.103. The van der Waals surface area contributed by atoms with Gasteiger partial charge in [0.05, 0.1) is 34.2 Å². The molecule has 0 aliphatic carbocycles. The number of hydrogen-bond donors (Lipinski definition) is 2. The molecule has 4 heterocycles. The number of nitrogens with zero attached hydrogens (tertiary/aromatic N) is 4. The molecular weight excluding hydrogens is 480 g/mol. The summed E-state index contributed by atoms with van der Waals surface area (Å²) in [6.45, 7) is 1.70. The van der Waals surface area contributed by atoms with Gasteiger partial charge in [-0.25, -0.2) is 5.10 Å². The minimum atomic E-state index is -1.30. The van der Waals surface area contributed by atoms with Crippen molar-refractivity contribution in [3.63, 3.8) is 0 Å². The van der Waals surface area contributed by atoms with Crippen LogP contribution in [0.3, 0.4) is 0 Å². The normalized spacial score (nSPS) is 16.4. The topological polar surface area (TPSA) is 121 Å². The van der Waals surface area contributed by atoms with Gasteiger partial charge in [-0.05, 0) is 42.8 Å². The number of rotatable bonds is 5. The standard InChI is InChI=1S/C29H22N6O3/c1-29(32-26(36)19-7-6-12-30-16-19)23-10-4-5-11-25(23)35(28(29)38)20-13-18(15-31-17-20)14-24-21-8-2-3-9-22(21)27(37)34-33-24/h2-13,15-17H,14H2,1H3,(H,32,36)(H,34,37). The van der Waals surface area contributed by atoms with Gasteiger partial charge < -0.3 is 5.32 Å². The third-order valence-electron chi connectivity index (χ3n) is 6.79. The van der Waals surface area contributed by atoms with E-state index in [1.807, 2.05) is 48.5 Å². The molecule has 0 spiro atoms. The Kier molecular flexibility index (Phi) is 5.53. The van der Waals surface area contributed by atoms with Gasteiger partial charge in [0.25, 0.3) is 17.4 Å². The van der Waals surface area contributed by atoms with Crippen molar-refractivity contribution in [1.29, 1.82) is 0 Å². The summed E-state index contributed by atoms with van der Waals surface area (Å²) in [6, 6.07) is 19.9. The molecule has 1 aliphatic rings. The quantitative estimate of drug-likeness (QED) is 0.379. The predicted octanol–water partition coefficient (Wildman–Crippen LogP) is 3.63. The Labute approximate surface area is 217 Å². The molecular formula is C29H22N6O3. The Morgan fingerprint density at radius 1 is 0.947 bits per heavy atom. The molecule has 5 aromatic rings. The maximum absolute atomic E-state index is 13.9. The van der Waals surface area contributed by atoms with Crippen molar-refractivity contribution in [2.75, 3.05) is 4.90 Å². The van der Waals surface area contributed by atoms with Gasteiger partial charge in [0.15, 0.2) is 0 Å². The second kappa shape index (κ2) is 9.04. The zero-order chi connectivity index (χ0) is 26.3. The van der Waals surface area contributed by atoms with Crippen LogP contribution in [0.4, 0.5) is 11.4 Å².